The normalized spacial score (nSPS) is 20.0. The first-order chi connectivity index (χ1) is 5.20. The van der Waals surface area contributed by atoms with Crippen LogP contribution in [0.25, 0.3) is 0 Å². The van der Waals surface area contributed by atoms with Crippen LogP contribution in [-0.4, -0.2) is 24.3 Å². The van der Waals surface area contributed by atoms with Crippen LogP contribution in [0.1, 0.15) is 33.1 Å². The van der Waals surface area contributed by atoms with E-state index in [1.165, 1.54) is 25.0 Å². The average molecular weight is 154 g/mol. The number of hydrogen-bond acceptors (Lipinski definition) is 2. The van der Waals surface area contributed by atoms with Gasteiger partial charge >= 0.3 is 0 Å². The van der Waals surface area contributed by atoms with Crippen molar-refractivity contribution in [3.63, 3.8) is 0 Å². The summed E-state index contributed by atoms with van der Waals surface area (Å²) < 4.78 is 0. The van der Waals surface area contributed by atoms with Crippen molar-refractivity contribution in [3.05, 3.63) is 0 Å². The van der Waals surface area contributed by atoms with Crippen molar-refractivity contribution in [2.24, 2.45) is 11.0 Å². The van der Waals surface area contributed by atoms with Crippen LogP contribution in [0.2, 0.25) is 0 Å². The molecule has 1 rings (SSSR count). The third-order valence-corrected chi connectivity index (χ3v) is 2.13. The fourth-order valence-corrected chi connectivity index (χ4v) is 1.37. The first-order valence-electron chi connectivity index (χ1n) is 4.48. The van der Waals surface area contributed by atoms with E-state index >= 15 is 0 Å². The maximum Gasteiger partial charge on any atom is 0.0406 e. The van der Waals surface area contributed by atoms with Crippen LogP contribution < -0.4 is 0 Å². The van der Waals surface area contributed by atoms with Gasteiger partial charge in [0.15, 0.2) is 0 Å². The van der Waals surface area contributed by atoms with Crippen molar-refractivity contribution in [1.29, 1.82) is 0 Å². The third kappa shape index (κ3) is 2.52. The molecule has 2 heteroatoms. The number of hydrogen-bond donors (Lipinski definition) is 0. The Kier molecular flexibility index (Phi) is 2.92. The maximum atomic E-state index is 4.53. The van der Waals surface area contributed by atoms with E-state index < -0.39 is 0 Å². The lowest BCUT2D eigenvalue weighted by atomic mass is 10.0. The summed E-state index contributed by atoms with van der Waals surface area (Å²) in [4.78, 5) is 0. The second-order valence-corrected chi connectivity index (χ2v) is 3.58. The van der Waals surface area contributed by atoms with Crippen LogP contribution in [0.5, 0.6) is 0 Å². The molecule has 0 radical (unpaired) electrons. The Morgan fingerprint density at radius 2 is 2.09 bits per heavy atom. The highest BCUT2D eigenvalue weighted by Gasteiger charge is 2.09. The Labute approximate surface area is 69.3 Å². The zero-order chi connectivity index (χ0) is 8.27. The molecule has 0 bridgehead atoms. The van der Waals surface area contributed by atoms with Crippen molar-refractivity contribution in [2.75, 3.05) is 13.6 Å². The standard InChI is InChI=1S/C9H18N2/c1-8(2)9-6-4-5-7-11(3)10-9/h8H,4-7H2,1-3H3. The summed E-state index contributed by atoms with van der Waals surface area (Å²) >= 11 is 0. The molecule has 0 amide bonds. The molecule has 0 spiro atoms. The predicted octanol–water partition coefficient (Wildman–Crippen LogP) is 2.11. The topological polar surface area (TPSA) is 15.6 Å². The second-order valence-electron chi connectivity index (χ2n) is 3.58. The molecule has 0 unspecified atom stereocenters. The molecule has 0 saturated carbocycles. The summed E-state index contributed by atoms with van der Waals surface area (Å²) in [7, 11) is 2.06. The first kappa shape index (κ1) is 8.57. The van der Waals surface area contributed by atoms with Gasteiger partial charge in [0.2, 0.25) is 0 Å². The van der Waals surface area contributed by atoms with Crippen LogP contribution in [0.3, 0.4) is 0 Å². The van der Waals surface area contributed by atoms with E-state index in [1.807, 2.05) is 0 Å². The molecule has 64 valence electrons. The summed E-state index contributed by atoms with van der Waals surface area (Å²) in [5.74, 6) is 0.621. The average Bonchev–Trinajstić information content (AvgIpc) is 2.13. The zero-order valence-electron chi connectivity index (χ0n) is 7.80. The smallest absolute Gasteiger partial charge is 0.0406 e. The molecule has 0 aromatic heterocycles. The third-order valence-electron chi connectivity index (χ3n) is 2.13. The molecule has 1 aliphatic heterocycles. The molecule has 0 N–H and O–H groups in total. The van der Waals surface area contributed by atoms with Crippen molar-refractivity contribution < 1.29 is 0 Å². The van der Waals surface area contributed by atoms with Crippen LogP contribution in [0.15, 0.2) is 5.10 Å². The SMILES string of the molecule is CC(C)C1=NN(C)CCCC1. The number of hydrazone groups is 1. The van der Waals surface area contributed by atoms with Gasteiger partial charge in [0, 0.05) is 19.3 Å². The molecule has 1 aliphatic rings. The van der Waals surface area contributed by atoms with E-state index in [9.17, 15) is 0 Å². The van der Waals surface area contributed by atoms with E-state index in [0.29, 0.717) is 5.92 Å². The maximum absolute atomic E-state index is 4.53. The highest BCUT2D eigenvalue weighted by atomic mass is 15.4. The highest BCUT2D eigenvalue weighted by molar-refractivity contribution is 5.86. The number of nitrogens with zero attached hydrogens (tertiary/aromatic N) is 2. The zero-order valence-corrected chi connectivity index (χ0v) is 7.80. The van der Waals surface area contributed by atoms with Crippen LogP contribution in [0, 0.1) is 5.92 Å². The molecule has 0 aromatic rings. The monoisotopic (exact) mass is 154 g/mol. The first-order valence-corrected chi connectivity index (χ1v) is 4.48. The molecule has 0 aliphatic carbocycles. The highest BCUT2D eigenvalue weighted by Crippen LogP contribution is 2.11. The molecule has 2 nitrogen and oxygen atoms in total. The second kappa shape index (κ2) is 3.74. The minimum absolute atomic E-state index is 0.621. The molecule has 0 fully saturated rings. The fourth-order valence-electron chi connectivity index (χ4n) is 1.37. The van der Waals surface area contributed by atoms with Crippen molar-refractivity contribution in [3.8, 4) is 0 Å². The largest absolute Gasteiger partial charge is 0.300 e. The Morgan fingerprint density at radius 3 is 2.73 bits per heavy atom. The van der Waals surface area contributed by atoms with Crippen LogP contribution in [0.4, 0.5) is 0 Å². The summed E-state index contributed by atoms with van der Waals surface area (Å²) in [6, 6.07) is 0. The predicted molar refractivity (Wildman–Crippen MR) is 48.8 cm³/mol. The van der Waals surface area contributed by atoms with Gasteiger partial charge in [-0.25, -0.2) is 0 Å². The van der Waals surface area contributed by atoms with Gasteiger partial charge in [-0.1, -0.05) is 13.8 Å². The van der Waals surface area contributed by atoms with Crippen molar-refractivity contribution in [1.82, 2.24) is 5.01 Å². The van der Waals surface area contributed by atoms with Gasteiger partial charge < -0.3 is 5.01 Å². The molecule has 0 atom stereocenters. The van der Waals surface area contributed by atoms with E-state index in [-0.39, 0.29) is 0 Å². The minimum Gasteiger partial charge on any atom is -0.300 e. The summed E-state index contributed by atoms with van der Waals surface area (Å²) in [6.07, 6.45) is 3.79. The Hall–Kier alpha value is -0.530. The molecule has 0 saturated heterocycles. The van der Waals surface area contributed by atoms with Gasteiger partial charge in [-0.05, 0) is 25.2 Å². The molecule has 0 aromatic carbocycles. The van der Waals surface area contributed by atoms with E-state index in [0.717, 1.165) is 6.54 Å². The lowest BCUT2D eigenvalue weighted by Gasteiger charge is -2.12. The van der Waals surface area contributed by atoms with Gasteiger partial charge in [-0.3, -0.25) is 0 Å². The van der Waals surface area contributed by atoms with E-state index in [1.54, 1.807) is 0 Å². The fraction of sp³-hybridized carbons (Fsp3) is 0.889. The Balaban J connectivity index is 2.59. The minimum atomic E-state index is 0.621. The molecular formula is C9H18N2. The van der Waals surface area contributed by atoms with Gasteiger partial charge in [0.25, 0.3) is 0 Å². The lowest BCUT2D eigenvalue weighted by Crippen LogP contribution is -2.14. The molecular weight excluding hydrogens is 136 g/mol. The summed E-state index contributed by atoms with van der Waals surface area (Å²) in [6.45, 7) is 5.56. The van der Waals surface area contributed by atoms with E-state index in [4.69, 9.17) is 0 Å². The summed E-state index contributed by atoms with van der Waals surface area (Å²) in [5, 5.41) is 6.60. The quantitative estimate of drug-likeness (QED) is 0.565. The van der Waals surface area contributed by atoms with Gasteiger partial charge in [0.05, 0.1) is 0 Å². The summed E-state index contributed by atoms with van der Waals surface area (Å²) in [5.41, 5.74) is 1.37. The van der Waals surface area contributed by atoms with Gasteiger partial charge in [0.1, 0.15) is 0 Å². The number of rotatable bonds is 1. The van der Waals surface area contributed by atoms with Crippen LogP contribution in [-0.2, 0) is 0 Å². The lowest BCUT2D eigenvalue weighted by molar-refractivity contribution is 0.353. The molecule has 1 heterocycles. The Morgan fingerprint density at radius 1 is 1.36 bits per heavy atom. The van der Waals surface area contributed by atoms with Crippen molar-refractivity contribution >= 4 is 5.71 Å². The molecule has 11 heavy (non-hydrogen) atoms. The van der Waals surface area contributed by atoms with Crippen LogP contribution >= 0.6 is 0 Å². The van der Waals surface area contributed by atoms with Gasteiger partial charge in [-0.2, -0.15) is 5.10 Å². The van der Waals surface area contributed by atoms with E-state index in [2.05, 4.69) is 31.0 Å². The van der Waals surface area contributed by atoms with Crippen molar-refractivity contribution in [2.45, 2.75) is 33.1 Å². The Bertz CT molecular complexity index is 150. The van der Waals surface area contributed by atoms with Gasteiger partial charge in [-0.15, -0.1) is 0 Å².